The predicted octanol–water partition coefficient (Wildman–Crippen LogP) is 2.53. The van der Waals surface area contributed by atoms with E-state index < -0.39 is 0 Å². The van der Waals surface area contributed by atoms with E-state index in [4.69, 9.17) is 5.73 Å². The van der Waals surface area contributed by atoms with Crippen LogP contribution in [0.3, 0.4) is 0 Å². The second-order valence-corrected chi connectivity index (χ2v) is 5.67. The number of hydrogen-bond acceptors (Lipinski definition) is 4. The van der Waals surface area contributed by atoms with Gasteiger partial charge in [0, 0.05) is 24.3 Å². The molecule has 1 aliphatic carbocycles. The molecule has 4 heteroatoms. The lowest BCUT2D eigenvalue weighted by atomic mass is 9.78. The minimum absolute atomic E-state index is 0.405. The van der Waals surface area contributed by atoms with Gasteiger partial charge in [-0.3, -0.25) is 0 Å². The van der Waals surface area contributed by atoms with E-state index in [2.05, 4.69) is 20.9 Å². The monoisotopic (exact) mass is 246 g/mol. The molecule has 1 saturated heterocycles. The van der Waals surface area contributed by atoms with Crippen LogP contribution >= 0.6 is 0 Å². The Hall–Kier alpha value is -1.32. The number of fused-ring (bicyclic) bond motifs is 1. The van der Waals surface area contributed by atoms with Gasteiger partial charge in [-0.2, -0.15) is 4.98 Å². The molecule has 2 fully saturated rings. The van der Waals surface area contributed by atoms with Crippen molar-refractivity contribution in [2.24, 2.45) is 5.92 Å². The summed E-state index contributed by atoms with van der Waals surface area (Å²) < 4.78 is 0. The van der Waals surface area contributed by atoms with Crippen LogP contribution < -0.4 is 10.6 Å². The molecule has 3 rings (SSSR count). The summed E-state index contributed by atoms with van der Waals surface area (Å²) in [6, 6.07) is 2.76. The van der Waals surface area contributed by atoms with Crippen LogP contribution in [0.5, 0.6) is 0 Å². The third kappa shape index (κ3) is 2.16. The molecular formula is C14H22N4. The molecule has 98 valence electrons. The van der Waals surface area contributed by atoms with Crippen molar-refractivity contribution in [1.82, 2.24) is 9.97 Å². The van der Waals surface area contributed by atoms with Gasteiger partial charge in [0.05, 0.1) is 0 Å². The molecule has 1 aliphatic heterocycles. The highest BCUT2D eigenvalue weighted by molar-refractivity contribution is 5.45. The van der Waals surface area contributed by atoms with Crippen LogP contribution in [-0.4, -0.2) is 22.6 Å². The second kappa shape index (κ2) is 4.75. The van der Waals surface area contributed by atoms with E-state index in [-0.39, 0.29) is 0 Å². The third-order valence-electron chi connectivity index (χ3n) is 4.40. The fourth-order valence-electron chi connectivity index (χ4n) is 3.63. The summed E-state index contributed by atoms with van der Waals surface area (Å²) in [6.45, 7) is 3.11. The van der Waals surface area contributed by atoms with Gasteiger partial charge in [0.2, 0.25) is 5.95 Å². The minimum Gasteiger partial charge on any atom is -0.368 e. The first-order valence-corrected chi connectivity index (χ1v) is 7.12. The molecule has 1 aromatic rings. The van der Waals surface area contributed by atoms with Crippen LogP contribution in [0.15, 0.2) is 6.07 Å². The Morgan fingerprint density at radius 3 is 2.78 bits per heavy atom. The highest BCUT2D eigenvalue weighted by Gasteiger charge is 2.33. The molecule has 2 aliphatic rings. The number of nitrogens with zero attached hydrogens (tertiary/aromatic N) is 3. The van der Waals surface area contributed by atoms with E-state index >= 15 is 0 Å². The van der Waals surface area contributed by atoms with Crippen molar-refractivity contribution >= 4 is 11.8 Å². The Morgan fingerprint density at radius 2 is 1.94 bits per heavy atom. The molecule has 1 saturated carbocycles. The van der Waals surface area contributed by atoms with Gasteiger partial charge in [0.15, 0.2) is 0 Å². The molecule has 0 amide bonds. The van der Waals surface area contributed by atoms with Gasteiger partial charge in [-0.25, -0.2) is 4.98 Å². The lowest BCUT2D eigenvalue weighted by molar-refractivity contribution is 0.242. The summed E-state index contributed by atoms with van der Waals surface area (Å²) in [5, 5.41) is 0. The lowest BCUT2D eigenvalue weighted by Gasteiger charge is -2.44. The number of nitrogens with two attached hydrogens (primary N) is 1. The lowest BCUT2D eigenvalue weighted by Crippen LogP contribution is -2.47. The Bertz CT molecular complexity index is 410. The van der Waals surface area contributed by atoms with Crippen LogP contribution in [0, 0.1) is 12.8 Å². The number of aromatic nitrogens is 2. The Balaban J connectivity index is 1.89. The van der Waals surface area contributed by atoms with E-state index in [0.29, 0.717) is 12.0 Å². The van der Waals surface area contributed by atoms with Crippen molar-refractivity contribution in [3.05, 3.63) is 11.8 Å². The minimum atomic E-state index is 0.405. The van der Waals surface area contributed by atoms with Crippen LogP contribution in [-0.2, 0) is 0 Å². The van der Waals surface area contributed by atoms with E-state index in [1.54, 1.807) is 0 Å². The number of aryl methyl sites for hydroxylation is 1. The average Bonchev–Trinajstić information content (AvgIpc) is 2.37. The number of anilines is 2. The molecule has 1 aromatic heterocycles. The molecule has 2 N–H and O–H groups in total. The number of nitrogen functional groups attached to an aromatic ring is 1. The Morgan fingerprint density at radius 1 is 1.17 bits per heavy atom. The van der Waals surface area contributed by atoms with Crippen molar-refractivity contribution < 1.29 is 0 Å². The molecule has 0 spiro atoms. The molecule has 2 heterocycles. The first-order valence-electron chi connectivity index (χ1n) is 7.12. The van der Waals surface area contributed by atoms with Gasteiger partial charge < -0.3 is 10.6 Å². The van der Waals surface area contributed by atoms with E-state index in [9.17, 15) is 0 Å². The third-order valence-corrected chi connectivity index (χ3v) is 4.40. The number of rotatable bonds is 1. The van der Waals surface area contributed by atoms with E-state index in [1.165, 1.54) is 38.5 Å². The number of hydrogen-bond donors (Lipinski definition) is 1. The molecule has 2 atom stereocenters. The summed E-state index contributed by atoms with van der Waals surface area (Å²) in [4.78, 5) is 11.1. The molecule has 0 aromatic carbocycles. The predicted molar refractivity (Wildman–Crippen MR) is 73.5 cm³/mol. The SMILES string of the molecule is Cc1cc(N2CCC[C@H]3CCCC[C@H]32)nc(N)n1. The van der Waals surface area contributed by atoms with Crippen LogP contribution in [0.2, 0.25) is 0 Å². The molecule has 0 radical (unpaired) electrons. The van der Waals surface area contributed by atoms with Crippen molar-refractivity contribution in [3.63, 3.8) is 0 Å². The topological polar surface area (TPSA) is 55.0 Å². The highest BCUT2D eigenvalue weighted by Crippen LogP contribution is 2.37. The van der Waals surface area contributed by atoms with Crippen molar-refractivity contribution in [2.45, 2.75) is 51.5 Å². The molecule has 0 unspecified atom stereocenters. The standard InChI is InChI=1S/C14H22N4/c1-10-9-13(17-14(15)16-10)18-8-4-6-11-5-2-3-7-12(11)18/h9,11-12H,2-8H2,1H3,(H2,15,16,17)/t11-,12-/m1/s1. The van der Waals surface area contributed by atoms with Crippen molar-refractivity contribution in [2.75, 3.05) is 17.2 Å². The first kappa shape index (κ1) is 11.8. The molecule has 18 heavy (non-hydrogen) atoms. The molecular weight excluding hydrogens is 224 g/mol. The summed E-state index contributed by atoms with van der Waals surface area (Å²) in [7, 11) is 0. The number of piperidine rings is 1. The fourth-order valence-corrected chi connectivity index (χ4v) is 3.63. The maximum Gasteiger partial charge on any atom is 0.222 e. The second-order valence-electron chi connectivity index (χ2n) is 5.67. The van der Waals surface area contributed by atoms with Gasteiger partial charge in [-0.1, -0.05) is 12.8 Å². The van der Waals surface area contributed by atoms with Crippen molar-refractivity contribution in [1.29, 1.82) is 0 Å². The van der Waals surface area contributed by atoms with Gasteiger partial charge in [0.25, 0.3) is 0 Å². The first-order chi connectivity index (χ1) is 8.74. The molecule has 4 nitrogen and oxygen atoms in total. The zero-order valence-corrected chi connectivity index (χ0v) is 11.1. The normalized spacial score (nSPS) is 27.9. The summed E-state index contributed by atoms with van der Waals surface area (Å²) >= 11 is 0. The highest BCUT2D eigenvalue weighted by atomic mass is 15.2. The van der Waals surface area contributed by atoms with Crippen LogP contribution in [0.25, 0.3) is 0 Å². The summed E-state index contributed by atoms with van der Waals surface area (Å²) in [6.07, 6.45) is 8.14. The Labute approximate surface area is 109 Å². The van der Waals surface area contributed by atoms with E-state index in [1.807, 2.05) is 6.92 Å². The summed E-state index contributed by atoms with van der Waals surface area (Å²) in [5.41, 5.74) is 6.75. The van der Waals surface area contributed by atoms with Gasteiger partial charge >= 0.3 is 0 Å². The average molecular weight is 246 g/mol. The zero-order chi connectivity index (χ0) is 12.5. The van der Waals surface area contributed by atoms with Gasteiger partial charge in [-0.15, -0.1) is 0 Å². The largest absolute Gasteiger partial charge is 0.368 e. The van der Waals surface area contributed by atoms with Gasteiger partial charge in [0.1, 0.15) is 5.82 Å². The summed E-state index contributed by atoms with van der Waals surface area (Å²) in [5.74, 6) is 2.31. The van der Waals surface area contributed by atoms with Gasteiger partial charge in [-0.05, 0) is 38.5 Å². The zero-order valence-electron chi connectivity index (χ0n) is 11.1. The quantitative estimate of drug-likeness (QED) is 0.827. The van der Waals surface area contributed by atoms with Crippen LogP contribution in [0.1, 0.15) is 44.2 Å². The smallest absolute Gasteiger partial charge is 0.222 e. The van der Waals surface area contributed by atoms with Crippen molar-refractivity contribution in [3.8, 4) is 0 Å². The maximum absolute atomic E-state index is 5.79. The van der Waals surface area contributed by atoms with E-state index in [0.717, 1.165) is 24.0 Å². The fraction of sp³-hybridized carbons (Fsp3) is 0.714. The van der Waals surface area contributed by atoms with Crippen LogP contribution in [0.4, 0.5) is 11.8 Å². The maximum atomic E-state index is 5.79. The Kier molecular flexibility index (Phi) is 3.10. The molecule has 0 bridgehead atoms.